The molecule has 0 bridgehead atoms. The van der Waals surface area contributed by atoms with E-state index < -0.39 is 0 Å². The molecule has 0 aliphatic rings. The molecule has 8 aromatic rings. The van der Waals surface area contributed by atoms with Crippen molar-refractivity contribution in [2.75, 3.05) is 23.9 Å². The van der Waals surface area contributed by atoms with Crippen molar-refractivity contribution in [1.29, 1.82) is 0 Å². The third-order valence-electron chi connectivity index (χ3n) is 11.5. The molecule has 0 saturated carbocycles. The van der Waals surface area contributed by atoms with Crippen molar-refractivity contribution in [2.24, 2.45) is 0 Å². The van der Waals surface area contributed by atoms with E-state index in [9.17, 15) is 0 Å². The fourth-order valence-electron chi connectivity index (χ4n) is 7.78. The van der Waals surface area contributed by atoms with Crippen LogP contribution in [0.1, 0.15) is 34.7 Å². The Bertz CT molecular complexity index is 2520. The van der Waals surface area contributed by atoms with Crippen LogP contribution in [0.25, 0.3) is 33.4 Å². The van der Waals surface area contributed by atoms with Crippen molar-refractivity contribution in [2.45, 2.75) is 26.2 Å². The van der Waals surface area contributed by atoms with E-state index in [1.807, 2.05) is 0 Å². The maximum absolute atomic E-state index is 2.36. The number of rotatable bonds is 10. The number of benzene rings is 8. The van der Waals surface area contributed by atoms with Crippen molar-refractivity contribution < 1.29 is 0 Å². The van der Waals surface area contributed by atoms with Crippen LogP contribution in [0.5, 0.6) is 0 Å². The zero-order valence-electron chi connectivity index (χ0n) is 32.9. The second kappa shape index (κ2) is 15.6. The summed E-state index contributed by atoms with van der Waals surface area (Å²) in [5.41, 5.74) is 17.8. The summed E-state index contributed by atoms with van der Waals surface area (Å²) in [6, 6.07) is 73.1. The quantitative estimate of drug-likeness (QED) is 0.130. The number of anilines is 4. The summed E-state index contributed by atoms with van der Waals surface area (Å²) in [5, 5.41) is 0. The first-order valence-electron chi connectivity index (χ1n) is 19.4. The first-order valence-corrected chi connectivity index (χ1v) is 19.4. The van der Waals surface area contributed by atoms with Gasteiger partial charge in [-0.3, -0.25) is 0 Å². The molecule has 1 atom stereocenters. The molecule has 2 nitrogen and oxygen atoms in total. The molecule has 0 spiro atoms. The van der Waals surface area contributed by atoms with Crippen LogP contribution in [-0.4, -0.2) is 14.1 Å². The van der Waals surface area contributed by atoms with E-state index in [0.717, 1.165) is 11.4 Å². The van der Waals surface area contributed by atoms with E-state index in [1.165, 1.54) is 72.6 Å². The Balaban J connectivity index is 1.10. The minimum atomic E-state index is -0.383. The lowest BCUT2D eigenvalue weighted by atomic mass is 9.70. The van der Waals surface area contributed by atoms with Crippen LogP contribution in [0, 0.1) is 13.8 Å². The van der Waals surface area contributed by atoms with Crippen molar-refractivity contribution in [3.63, 3.8) is 0 Å². The van der Waals surface area contributed by atoms with Gasteiger partial charge in [0.1, 0.15) is 0 Å². The first-order chi connectivity index (χ1) is 27.3. The number of nitrogens with zero attached hydrogens (tertiary/aromatic N) is 2. The van der Waals surface area contributed by atoms with Gasteiger partial charge in [-0.1, -0.05) is 157 Å². The van der Waals surface area contributed by atoms with Crippen LogP contribution >= 0.6 is 0 Å². The Morgan fingerprint density at radius 2 is 0.625 bits per heavy atom. The van der Waals surface area contributed by atoms with Gasteiger partial charge in [0.2, 0.25) is 0 Å². The zero-order chi connectivity index (χ0) is 38.6. The standard InChI is InChI=1S/C54H48N2/c1-39-14-16-41(17-15-39)42-18-28-47(29-19-42)54(3,48-30-20-43(21-31-48)45-24-34-51(35-25-45)55(4)50-11-7-6-8-12-50)49-32-22-44(23-33-49)46-26-36-52(37-27-46)56(5)53-13-9-10-40(2)38-53/h6-38H,1-5H3. The number of hydrogen-bond donors (Lipinski definition) is 0. The van der Waals surface area contributed by atoms with Crippen LogP contribution in [0.2, 0.25) is 0 Å². The minimum Gasteiger partial charge on any atom is -0.345 e. The molecule has 2 heteroatoms. The van der Waals surface area contributed by atoms with Crippen molar-refractivity contribution in [1.82, 2.24) is 0 Å². The molecule has 0 aliphatic carbocycles. The predicted octanol–water partition coefficient (Wildman–Crippen LogP) is 14.2. The summed E-state index contributed by atoms with van der Waals surface area (Å²) in [4.78, 5) is 4.45. The van der Waals surface area contributed by atoms with Gasteiger partial charge in [-0.15, -0.1) is 0 Å². The highest BCUT2D eigenvalue weighted by Gasteiger charge is 2.31. The zero-order valence-corrected chi connectivity index (χ0v) is 32.9. The Morgan fingerprint density at radius 1 is 0.304 bits per heavy atom. The van der Waals surface area contributed by atoms with Gasteiger partial charge >= 0.3 is 0 Å². The second-order valence-electron chi connectivity index (χ2n) is 15.1. The van der Waals surface area contributed by atoms with E-state index >= 15 is 0 Å². The highest BCUT2D eigenvalue weighted by atomic mass is 15.1. The summed E-state index contributed by atoms with van der Waals surface area (Å²) < 4.78 is 0. The van der Waals surface area contributed by atoms with Crippen LogP contribution in [0.3, 0.4) is 0 Å². The van der Waals surface area contributed by atoms with Crippen LogP contribution in [0.4, 0.5) is 22.7 Å². The third-order valence-corrected chi connectivity index (χ3v) is 11.5. The molecule has 0 heterocycles. The lowest BCUT2D eigenvalue weighted by Crippen LogP contribution is -2.25. The highest BCUT2D eigenvalue weighted by Crippen LogP contribution is 2.41. The third kappa shape index (κ3) is 7.39. The van der Waals surface area contributed by atoms with Gasteiger partial charge < -0.3 is 9.80 Å². The summed E-state index contributed by atoms with van der Waals surface area (Å²) >= 11 is 0. The average molecular weight is 725 g/mol. The molecule has 0 amide bonds. The van der Waals surface area contributed by atoms with Crippen molar-refractivity contribution in [3.8, 4) is 33.4 Å². The Kier molecular flexibility index (Phi) is 10.1. The fourth-order valence-corrected chi connectivity index (χ4v) is 7.78. The van der Waals surface area contributed by atoms with E-state index in [0.29, 0.717) is 0 Å². The maximum Gasteiger partial charge on any atom is 0.0423 e. The number of hydrogen-bond acceptors (Lipinski definition) is 2. The highest BCUT2D eigenvalue weighted by molar-refractivity contribution is 5.73. The molecule has 0 saturated heterocycles. The molecule has 0 N–H and O–H groups in total. The van der Waals surface area contributed by atoms with Gasteiger partial charge in [0.05, 0.1) is 0 Å². The molecule has 8 aromatic carbocycles. The maximum atomic E-state index is 2.36. The molecule has 1 unspecified atom stereocenters. The normalized spacial score (nSPS) is 12.2. The predicted molar refractivity (Wildman–Crippen MR) is 240 cm³/mol. The minimum absolute atomic E-state index is 0.383. The van der Waals surface area contributed by atoms with Crippen LogP contribution in [0.15, 0.2) is 200 Å². The lowest BCUT2D eigenvalue weighted by Gasteiger charge is -2.32. The van der Waals surface area contributed by atoms with E-state index in [2.05, 4.69) is 245 Å². The monoisotopic (exact) mass is 724 g/mol. The van der Waals surface area contributed by atoms with Gasteiger partial charge in [-0.25, -0.2) is 0 Å². The first kappa shape index (κ1) is 36.3. The molecule has 56 heavy (non-hydrogen) atoms. The molecule has 0 aliphatic heterocycles. The number of para-hydroxylation sites is 1. The fraction of sp³-hybridized carbons (Fsp3) is 0.111. The molecule has 0 fully saturated rings. The molecule has 0 radical (unpaired) electrons. The Hall–Kier alpha value is -6.64. The summed E-state index contributed by atoms with van der Waals surface area (Å²) in [6.07, 6.45) is 0. The molecule has 274 valence electrons. The SMILES string of the molecule is Cc1ccc(-c2ccc(C(C)(c3ccc(-c4ccc(N(C)c5ccccc5)cc4)cc3)c3ccc(-c4ccc(N(C)c5cccc(C)c5)cc4)cc3)cc2)cc1. The molecule has 0 aromatic heterocycles. The second-order valence-corrected chi connectivity index (χ2v) is 15.1. The smallest absolute Gasteiger partial charge is 0.0423 e. The topological polar surface area (TPSA) is 6.48 Å². The number of aryl methyl sites for hydroxylation is 2. The summed E-state index contributed by atoms with van der Waals surface area (Å²) in [5.74, 6) is 0. The lowest BCUT2D eigenvalue weighted by molar-refractivity contribution is 0.693. The van der Waals surface area contributed by atoms with Gasteiger partial charge in [-0.2, -0.15) is 0 Å². The van der Waals surface area contributed by atoms with Gasteiger partial charge in [0.15, 0.2) is 0 Å². The Morgan fingerprint density at radius 3 is 1.02 bits per heavy atom. The van der Waals surface area contributed by atoms with Crippen LogP contribution < -0.4 is 9.80 Å². The van der Waals surface area contributed by atoms with Gasteiger partial charge in [0, 0.05) is 42.3 Å². The summed E-state index contributed by atoms with van der Waals surface area (Å²) in [7, 11) is 4.24. The Labute approximate surface area is 333 Å². The van der Waals surface area contributed by atoms with E-state index in [4.69, 9.17) is 0 Å². The van der Waals surface area contributed by atoms with Gasteiger partial charge in [0.25, 0.3) is 0 Å². The van der Waals surface area contributed by atoms with Gasteiger partial charge in [-0.05, 0) is 125 Å². The van der Waals surface area contributed by atoms with E-state index in [-0.39, 0.29) is 5.41 Å². The average Bonchev–Trinajstić information content (AvgIpc) is 3.26. The molecular weight excluding hydrogens is 677 g/mol. The largest absolute Gasteiger partial charge is 0.345 e. The summed E-state index contributed by atoms with van der Waals surface area (Å²) in [6.45, 7) is 6.63. The van der Waals surface area contributed by atoms with Crippen LogP contribution in [-0.2, 0) is 5.41 Å². The van der Waals surface area contributed by atoms with Crippen molar-refractivity contribution >= 4 is 22.7 Å². The molecule has 8 rings (SSSR count). The molecular formula is C54H48N2. The van der Waals surface area contributed by atoms with E-state index in [1.54, 1.807) is 0 Å². The van der Waals surface area contributed by atoms with Crippen molar-refractivity contribution in [3.05, 3.63) is 228 Å².